The molecule has 574 valence electrons. The van der Waals surface area contributed by atoms with E-state index in [9.17, 15) is 41.9 Å². The summed E-state index contributed by atoms with van der Waals surface area (Å²) in [6.45, 7) is 10.3. The van der Waals surface area contributed by atoms with Crippen LogP contribution in [0.1, 0.15) is 196 Å². The van der Waals surface area contributed by atoms with Gasteiger partial charge in [-0.3, -0.25) is 57.5 Å². The highest BCUT2D eigenvalue weighted by atomic mass is 35.5. The second kappa shape index (κ2) is 36.0. The van der Waals surface area contributed by atoms with Gasteiger partial charge in [-0.2, -0.15) is 13.2 Å². The smallest absolute Gasteiger partial charge is 0.347 e. The Hall–Kier alpha value is -6.54. The van der Waals surface area contributed by atoms with Gasteiger partial charge in [0.25, 0.3) is 0 Å². The molecule has 12 atom stereocenters. The van der Waals surface area contributed by atoms with E-state index >= 15 is 28.8 Å². The van der Waals surface area contributed by atoms with Gasteiger partial charge in [0, 0.05) is 74.8 Å². The lowest BCUT2D eigenvalue weighted by molar-refractivity contribution is -0.182. The zero-order valence-electron chi connectivity index (χ0n) is 63.0. The molecule has 2 bridgehead atoms. The minimum absolute atomic E-state index is 0.00190. The topological polar surface area (TPSA) is 270 Å². The number of halogens is 4. The van der Waals surface area contributed by atoms with E-state index in [4.69, 9.17) is 11.6 Å². The molecule has 3 heterocycles. The first-order valence-electron chi connectivity index (χ1n) is 37.6. The molecule has 3 aliphatic heterocycles. The molecule has 0 radical (unpaired) electrons. The SMILES string of the molecule is CC[C@H](C)[C@@H]1NC(=O)[C@H](CC(C)C)N(C)C(=O)C[C@@H](C(=O)N(C)C)N(C)C(=O)[C@H](C2CCCC2)N(C)C(=O)C2(CCCC2)NC(=O)[C@@H]2CCCN2C(=O)[C@H](CCC2CCC(C(F)(F)F)C(Cl)C2)NC(=O)CN(C)C(=O)[C@H](CC2CCC(C)CC2)N2CC=C(C)C[C@@H](C2=O)N(C)C(=O)CN(C)C1=O. The third-order valence-electron chi connectivity index (χ3n) is 23.7. The maximum Gasteiger partial charge on any atom is 0.393 e. The van der Waals surface area contributed by atoms with Crippen molar-refractivity contribution in [2.24, 2.45) is 41.4 Å². The number of hydrogen-bond acceptors (Lipinski definition) is 12. The molecule has 2 saturated heterocycles. The predicted octanol–water partition coefficient (Wildman–Crippen LogP) is 6.50. The van der Waals surface area contributed by atoms with Gasteiger partial charge in [0.15, 0.2) is 0 Å². The number of fused-ring (bicyclic) bond motifs is 3. The highest BCUT2D eigenvalue weighted by molar-refractivity contribution is 6.21. The second-order valence-electron chi connectivity index (χ2n) is 31.9. The quantitative estimate of drug-likeness (QED) is 0.148. The molecule has 12 amide bonds. The van der Waals surface area contributed by atoms with Gasteiger partial charge < -0.3 is 60.0 Å². The van der Waals surface area contributed by atoms with Crippen LogP contribution in [-0.2, 0) is 57.5 Å². The predicted molar refractivity (Wildman–Crippen MR) is 379 cm³/mol. The van der Waals surface area contributed by atoms with E-state index in [1.165, 1.54) is 100 Å². The van der Waals surface area contributed by atoms with Crippen molar-refractivity contribution in [3.8, 4) is 0 Å². The molecular formula is C74H118ClF3N12O12. The lowest BCUT2D eigenvalue weighted by Crippen LogP contribution is -2.65. The molecule has 0 aromatic carbocycles. The van der Waals surface area contributed by atoms with Crippen molar-refractivity contribution in [2.45, 2.75) is 261 Å². The zero-order chi connectivity index (χ0) is 75.6. The molecule has 3 unspecified atom stereocenters. The number of rotatable bonds is 11. The highest BCUT2D eigenvalue weighted by Gasteiger charge is 2.53. The van der Waals surface area contributed by atoms with Gasteiger partial charge in [0.1, 0.15) is 53.9 Å². The van der Waals surface area contributed by atoms with Crippen LogP contribution in [0.25, 0.3) is 0 Å². The summed E-state index contributed by atoms with van der Waals surface area (Å²) in [7, 11) is 11.6. The monoisotopic (exact) mass is 1460 g/mol. The average molecular weight is 1460 g/mol. The van der Waals surface area contributed by atoms with E-state index in [2.05, 4.69) is 22.9 Å². The molecule has 1 spiro atoms. The second-order valence-corrected chi connectivity index (χ2v) is 32.4. The summed E-state index contributed by atoms with van der Waals surface area (Å²) in [5.74, 6) is -10.3. The Labute approximate surface area is 607 Å². The first-order valence-corrected chi connectivity index (χ1v) is 38.0. The Morgan fingerprint density at radius 1 is 0.657 bits per heavy atom. The fourth-order valence-electron chi connectivity index (χ4n) is 16.9. The normalized spacial score (nSPS) is 31.3. The standard InChI is InChI=1S/C74H118ClF3N12O12/c1-15-47(6)62-70(100)84(10)43-61(93)86(12)56-38-46(5)32-36-90(69(56)99)58(40-49-26-24-45(4)25-27-49)68(98)83(9)42-59(91)79-53(31-29-48-28-30-51(52(75)39-48)74(76,77)78)66(96)89-35-20-23-54(89)65(95)81-73(33-18-19-34-73)72(102)88(14)63(50-21-16-17-22-50)71(101)87(13)57(67(97)82(7)8)41-60(92)85(11)55(37-44(2)3)64(94)80-62/h32,44-45,47-58,62-63H,15-31,33-43H2,1-14H3,(H,79,91)(H,80,94)(H,81,95)/t45?,47-,48?,49?,51?,52?,53-,54-,55-,56-,57-,58-,62-,63-/m0/s1. The fraction of sp³-hybridized carbons (Fsp3) is 0.811. The Kier molecular flexibility index (Phi) is 29.2. The summed E-state index contributed by atoms with van der Waals surface area (Å²) < 4.78 is 42.2. The number of likely N-dealkylation sites (N-methyl/N-ethyl adjacent to an activating group) is 7. The van der Waals surface area contributed by atoms with Gasteiger partial charge in [-0.1, -0.05) is 104 Å². The van der Waals surface area contributed by atoms with E-state index in [1.807, 2.05) is 33.8 Å². The maximum atomic E-state index is 15.6. The van der Waals surface area contributed by atoms with E-state index in [-0.39, 0.29) is 101 Å². The van der Waals surface area contributed by atoms with Crippen molar-refractivity contribution in [2.75, 3.05) is 82.6 Å². The minimum Gasteiger partial charge on any atom is -0.347 e. The number of carbonyl (C=O) groups excluding carboxylic acids is 12. The molecule has 4 aliphatic carbocycles. The van der Waals surface area contributed by atoms with Gasteiger partial charge >= 0.3 is 6.18 Å². The number of carbonyl (C=O) groups is 12. The van der Waals surface area contributed by atoms with Crippen molar-refractivity contribution < 1.29 is 70.7 Å². The van der Waals surface area contributed by atoms with Crippen LogP contribution in [0.15, 0.2) is 11.6 Å². The van der Waals surface area contributed by atoms with Gasteiger partial charge in [-0.05, 0) is 132 Å². The fourth-order valence-corrected chi connectivity index (χ4v) is 17.4. The third kappa shape index (κ3) is 20.1. The Balaban J connectivity index is 1.30. The van der Waals surface area contributed by atoms with Crippen molar-refractivity contribution in [3.63, 3.8) is 0 Å². The zero-order valence-corrected chi connectivity index (χ0v) is 63.8. The van der Waals surface area contributed by atoms with Crippen LogP contribution in [0.5, 0.6) is 0 Å². The van der Waals surface area contributed by atoms with Gasteiger partial charge in [-0.15, -0.1) is 11.6 Å². The largest absolute Gasteiger partial charge is 0.393 e. The molecule has 3 N–H and O–H groups in total. The molecular weight excluding hydrogens is 1340 g/mol. The minimum atomic E-state index is -4.51. The molecule has 102 heavy (non-hydrogen) atoms. The molecule has 7 aliphatic rings. The summed E-state index contributed by atoms with van der Waals surface area (Å²) in [6.07, 6.45) is 5.46. The maximum absolute atomic E-state index is 15.6. The number of nitrogens with zero attached hydrogens (tertiary/aromatic N) is 9. The Morgan fingerprint density at radius 3 is 1.88 bits per heavy atom. The summed E-state index contributed by atoms with van der Waals surface area (Å²) >= 11 is 6.43. The lowest BCUT2D eigenvalue weighted by Gasteiger charge is -2.42. The van der Waals surface area contributed by atoms with E-state index in [1.54, 1.807) is 6.92 Å². The molecule has 28 heteroatoms. The van der Waals surface area contributed by atoms with Gasteiger partial charge in [0.2, 0.25) is 70.9 Å². The summed E-state index contributed by atoms with van der Waals surface area (Å²) in [5.41, 5.74) is -0.807. The number of amides is 12. The molecule has 0 aromatic heterocycles. The molecule has 24 nitrogen and oxygen atoms in total. The van der Waals surface area contributed by atoms with Crippen molar-refractivity contribution in [1.29, 1.82) is 0 Å². The molecule has 4 saturated carbocycles. The number of nitrogens with one attached hydrogen (secondary N) is 3. The highest BCUT2D eigenvalue weighted by Crippen LogP contribution is 2.44. The van der Waals surface area contributed by atoms with Crippen LogP contribution in [0.4, 0.5) is 13.2 Å². The van der Waals surface area contributed by atoms with Gasteiger partial charge in [-0.25, -0.2) is 0 Å². The van der Waals surface area contributed by atoms with Crippen LogP contribution in [0.2, 0.25) is 0 Å². The van der Waals surface area contributed by atoms with Crippen LogP contribution in [0, 0.1) is 41.4 Å². The Morgan fingerprint density at radius 2 is 1.28 bits per heavy atom. The first-order chi connectivity index (χ1) is 47.9. The lowest BCUT2D eigenvalue weighted by atomic mass is 9.78. The van der Waals surface area contributed by atoms with Crippen molar-refractivity contribution in [3.05, 3.63) is 11.6 Å². The number of hydrogen-bond donors (Lipinski definition) is 3. The molecule has 7 rings (SSSR count). The van der Waals surface area contributed by atoms with Crippen LogP contribution in [-0.4, -0.2) is 263 Å². The first kappa shape index (κ1) is 82.7. The molecule has 0 aromatic rings. The average Bonchev–Trinajstić information content (AvgIpc) is 1.35. The van der Waals surface area contributed by atoms with Gasteiger partial charge in [0.05, 0.1) is 25.4 Å². The van der Waals surface area contributed by atoms with Crippen molar-refractivity contribution >= 4 is 82.5 Å². The summed E-state index contributed by atoms with van der Waals surface area (Å²) in [5, 5.41) is 7.65. The molecule has 6 fully saturated rings. The van der Waals surface area contributed by atoms with E-state index in [0.717, 1.165) is 44.1 Å². The Bertz CT molecular complexity index is 3060. The summed E-state index contributed by atoms with van der Waals surface area (Å²) in [4.78, 5) is 192. The van der Waals surface area contributed by atoms with Crippen LogP contribution >= 0.6 is 11.6 Å². The van der Waals surface area contributed by atoms with Crippen LogP contribution < -0.4 is 16.0 Å². The number of alkyl halides is 4. The van der Waals surface area contributed by atoms with E-state index in [0.29, 0.717) is 44.4 Å². The van der Waals surface area contributed by atoms with Crippen LogP contribution in [0.3, 0.4) is 0 Å². The van der Waals surface area contributed by atoms with E-state index < -0.39 is 174 Å². The third-order valence-corrected chi connectivity index (χ3v) is 24.2. The summed E-state index contributed by atoms with van der Waals surface area (Å²) in [6, 6.07) is -9.80. The van der Waals surface area contributed by atoms with Crippen molar-refractivity contribution in [1.82, 2.24) is 60.0 Å².